The average molecular weight is 299 g/mol. The maximum atomic E-state index is 11.9. The van der Waals surface area contributed by atoms with Crippen molar-refractivity contribution in [3.8, 4) is 0 Å². The minimum atomic E-state index is -0.692. The number of ether oxygens (including phenoxy) is 1. The van der Waals surface area contributed by atoms with E-state index in [2.05, 4.69) is 10.2 Å². The summed E-state index contributed by atoms with van der Waals surface area (Å²) in [6, 6.07) is 9.34. The molecular weight excluding hydrogens is 282 g/mol. The molecule has 114 valence electrons. The number of rotatable bonds is 4. The number of methoxy groups -OCH3 is 1. The summed E-state index contributed by atoms with van der Waals surface area (Å²) >= 11 is 0. The summed E-state index contributed by atoms with van der Waals surface area (Å²) < 4.78 is 4.72. The van der Waals surface area contributed by atoms with Crippen LogP contribution in [0.15, 0.2) is 51.7 Å². The molecule has 1 aromatic rings. The lowest BCUT2D eigenvalue weighted by Gasteiger charge is -2.20. The molecule has 0 aromatic heterocycles. The number of carbonyl (C=O) groups is 2. The summed E-state index contributed by atoms with van der Waals surface area (Å²) in [5.74, 6) is -1.08. The van der Waals surface area contributed by atoms with Gasteiger partial charge < -0.3 is 4.74 Å². The van der Waals surface area contributed by atoms with Crippen LogP contribution in [0.2, 0.25) is 0 Å². The monoisotopic (exact) mass is 299 g/mol. The smallest absolute Gasteiger partial charge is 0.342 e. The third kappa shape index (κ3) is 3.11. The topological polar surface area (TPSA) is 71.3 Å². The Hall–Kier alpha value is -2.76. The fourth-order valence-electron chi connectivity index (χ4n) is 2.07. The highest BCUT2D eigenvalue weighted by Crippen LogP contribution is 2.19. The molecule has 0 atom stereocenters. The first-order valence-corrected chi connectivity index (χ1v) is 6.88. The Labute approximate surface area is 128 Å². The molecule has 0 amide bonds. The van der Waals surface area contributed by atoms with E-state index < -0.39 is 5.97 Å². The Morgan fingerprint density at radius 2 is 1.91 bits per heavy atom. The molecular formula is C16H17N3O3. The van der Waals surface area contributed by atoms with Crippen LogP contribution in [0.5, 0.6) is 0 Å². The van der Waals surface area contributed by atoms with Crippen LogP contribution in [0.1, 0.15) is 19.4 Å². The molecule has 22 heavy (non-hydrogen) atoms. The van der Waals surface area contributed by atoms with Gasteiger partial charge in [-0.25, -0.2) is 4.79 Å². The van der Waals surface area contributed by atoms with Crippen molar-refractivity contribution in [3.63, 3.8) is 0 Å². The number of benzene rings is 1. The van der Waals surface area contributed by atoms with E-state index in [1.54, 1.807) is 0 Å². The Kier molecular flexibility index (Phi) is 4.83. The van der Waals surface area contributed by atoms with Gasteiger partial charge in [-0.1, -0.05) is 30.3 Å². The number of hydrazone groups is 2. The highest BCUT2D eigenvalue weighted by molar-refractivity contribution is 6.33. The third-order valence-electron chi connectivity index (χ3n) is 3.13. The summed E-state index contributed by atoms with van der Waals surface area (Å²) in [5.41, 5.74) is 1.64. The van der Waals surface area contributed by atoms with E-state index in [1.165, 1.54) is 25.4 Å². The molecule has 1 aliphatic rings. The van der Waals surface area contributed by atoms with E-state index in [1.807, 2.05) is 37.3 Å². The van der Waals surface area contributed by atoms with Crippen LogP contribution in [0.25, 0.3) is 0 Å². The summed E-state index contributed by atoms with van der Waals surface area (Å²) in [6.07, 6.45) is 1.48. The minimum Gasteiger partial charge on any atom is -0.465 e. The van der Waals surface area contributed by atoms with Gasteiger partial charge in [-0.2, -0.15) is 15.3 Å². The van der Waals surface area contributed by atoms with E-state index >= 15 is 0 Å². The largest absolute Gasteiger partial charge is 0.465 e. The molecule has 1 aliphatic heterocycles. The highest BCUT2D eigenvalue weighted by atomic mass is 16.5. The van der Waals surface area contributed by atoms with Gasteiger partial charge in [0.15, 0.2) is 5.78 Å². The van der Waals surface area contributed by atoms with Gasteiger partial charge in [0, 0.05) is 11.1 Å². The normalized spacial score (nSPS) is 16.1. The SMILES string of the molecule is CCN1N=C/C(=C(/C(C)=O)C(=O)OC)C(c2ccccc2)=N1. The molecule has 1 aromatic carbocycles. The molecule has 0 unspecified atom stereocenters. The van der Waals surface area contributed by atoms with E-state index in [-0.39, 0.29) is 11.4 Å². The first-order chi connectivity index (χ1) is 10.6. The summed E-state index contributed by atoms with van der Waals surface area (Å²) in [6.45, 7) is 3.81. The summed E-state index contributed by atoms with van der Waals surface area (Å²) in [4.78, 5) is 23.8. The zero-order valence-corrected chi connectivity index (χ0v) is 12.7. The molecule has 2 rings (SSSR count). The maximum Gasteiger partial charge on any atom is 0.342 e. The maximum absolute atomic E-state index is 11.9. The van der Waals surface area contributed by atoms with Crippen molar-refractivity contribution in [2.24, 2.45) is 10.2 Å². The van der Waals surface area contributed by atoms with Crippen molar-refractivity contribution in [1.29, 1.82) is 0 Å². The van der Waals surface area contributed by atoms with Crippen molar-refractivity contribution in [2.45, 2.75) is 13.8 Å². The van der Waals surface area contributed by atoms with Gasteiger partial charge in [-0.05, 0) is 13.8 Å². The molecule has 0 saturated heterocycles. The second-order valence-corrected chi connectivity index (χ2v) is 4.58. The number of carbonyl (C=O) groups excluding carboxylic acids is 2. The molecule has 0 N–H and O–H groups in total. The number of hydrogen-bond donors (Lipinski definition) is 0. The van der Waals surface area contributed by atoms with Gasteiger partial charge in [0.25, 0.3) is 0 Å². The lowest BCUT2D eigenvalue weighted by molar-refractivity contribution is -0.137. The van der Waals surface area contributed by atoms with E-state index in [0.29, 0.717) is 17.8 Å². The standard InChI is InChI=1S/C16H17N3O3/c1-4-19-17-10-13(14(11(2)20)16(21)22-3)15(18-19)12-8-6-5-7-9-12/h5-10H,4H2,1-3H3/b14-13+. The molecule has 0 radical (unpaired) electrons. The van der Waals surface area contributed by atoms with Crippen molar-refractivity contribution < 1.29 is 14.3 Å². The molecule has 0 saturated carbocycles. The van der Waals surface area contributed by atoms with Gasteiger partial charge in [-0.15, -0.1) is 0 Å². The fraction of sp³-hybridized carbons (Fsp3) is 0.250. The van der Waals surface area contributed by atoms with Crippen LogP contribution in [-0.4, -0.2) is 42.5 Å². The molecule has 0 bridgehead atoms. The van der Waals surface area contributed by atoms with Crippen molar-refractivity contribution in [2.75, 3.05) is 13.7 Å². The number of ketones is 1. The molecule has 1 heterocycles. The Bertz CT molecular complexity index is 675. The molecule has 0 spiro atoms. The summed E-state index contributed by atoms with van der Waals surface area (Å²) in [5, 5.41) is 10.0. The first-order valence-electron chi connectivity index (χ1n) is 6.88. The Balaban J connectivity index is 2.64. The molecule has 6 heteroatoms. The second-order valence-electron chi connectivity index (χ2n) is 4.58. The second kappa shape index (κ2) is 6.80. The van der Waals surface area contributed by atoms with Crippen molar-refractivity contribution in [1.82, 2.24) is 5.12 Å². The van der Waals surface area contributed by atoms with Crippen LogP contribution in [0, 0.1) is 0 Å². The van der Waals surface area contributed by atoms with Gasteiger partial charge >= 0.3 is 5.97 Å². The highest BCUT2D eigenvalue weighted by Gasteiger charge is 2.26. The number of Topliss-reactive ketones (excluding diaryl/α,β-unsaturated/α-hetero) is 1. The average Bonchev–Trinajstić information content (AvgIpc) is 2.55. The fourth-order valence-corrected chi connectivity index (χ4v) is 2.07. The quantitative estimate of drug-likeness (QED) is 0.368. The van der Waals surface area contributed by atoms with Gasteiger partial charge in [0.2, 0.25) is 0 Å². The zero-order chi connectivity index (χ0) is 16.1. The van der Waals surface area contributed by atoms with Gasteiger partial charge in [0.05, 0.1) is 19.9 Å². The van der Waals surface area contributed by atoms with Crippen LogP contribution in [0.3, 0.4) is 0 Å². The van der Waals surface area contributed by atoms with Crippen LogP contribution in [0.4, 0.5) is 0 Å². The van der Waals surface area contributed by atoms with E-state index in [9.17, 15) is 9.59 Å². The van der Waals surface area contributed by atoms with Gasteiger partial charge in [-0.3, -0.25) is 4.79 Å². The predicted octanol–water partition coefficient (Wildman–Crippen LogP) is 1.77. The van der Waals surface area contributed by atoms with Crippen LogP contribution < -0.4 is 0 Å². The Morgan fingerprint density at radius 3 is 2.45 bits per heavy atom. The number of nitrogens with zero attached hydrogens (tertiary/aromatic N) is 3. The van der Waals surface area contributed by atoms with Gasteiger partial charge in [0.1, 0.15) is 11.3 Å². The minimum absolute atomic E-state index is 0.0513. The lowest BCUT2D eigenvalue weighted by Crippen LogP contribution is -2.26. The van der Waals surface area contributed by atoms with E-state index in [4.69, 9.17) is 4.74 Å². The van der Waals surface area contributed by atoms with Crippen LogP contribution in [-0.2, 0) is 14.3 Å². The third-order valence-corrected chi connectivity index (χ3v) is 3.13. The summed E-state index contributed by atoms with van der Waals surface area (Å²) in [7, 11) is 1.24. The van der Waals surface area contributed by atoms with Crippen molar-refractivity contribution >= 4 is 23.7 Å². The van der Waals surface area contributed by atoms with Crippen LogP contribution >= 0.6 is 0 Å². The first kappa shape index (κ1) is 15.6. The van der Waals surface area contributed by atoms with E-state index in [0.717, 1.165) is 5.56 Å². The number of allylic oxidation sites excluding steroid dienone is 1. The molecule has 6 nitrogen and oxygen atoms in total. The molecule has 0 fully saturated rings. The molecule has 0 aliphatic carbocycles. The van der Waals surface area contributed by atoms with Crippen molar-refractivity contribution in [3.05, 3.63) is 47.0 Å². The lowest BCUT2D eigenvalue weighted by atomic mass is 9.96. The zero-order valence-electron chi connectivity index (χ0n) is 12.7. The Morgan fingerprint density at radius 1 is 1.23 bits per heavy atom. The predicted molar refractivity (Wildman–Crippen MR) is 83.6 cm³/mol. The number of hydrogen-bond acceptors (Lipinski definition) is 6. The number of esters is 1.